The van der Waals surface area contributed by atoms with Crippen LogP contribution in [0.3, 0.4) is 0 Å². The van der Waals surface area contributed by atoms with Gasteiger partial charge < -0.3 is 16.2 Å². The van der Waals surface area contributed by atoms with Crippen molar-refractivity contribution in [2.75, 3.05) is 11.9 Å². The lowest BCUT2D eigenvalue weighted by atomic mass is 9.78. The highest BCUT2D eigenvalue weighted by Gasteiger charge is 2.30. The number of nitrogens with one attached hydrogen (secondary N) is 1. The summed E-state index contributed by atoms with van der Waals surface area (Å²) in [6.07, 6.45) is 3.90. The first-order chi connectivity index (χ1) is 10.0. The molecule has 2 rings (SSSR count). The second-order valence-corrected chi connectivity index (χ2v) is 5.85. The van der Waals surface area contributed by atoms with Crippen molar-refractivity contribution in [3.63, 3.8) is 0 Å². The van der Waals surface area contributed by atoms with Crippen LogP contribution in [0, 0.1) is 11.8 Å². The monoisotopic (exact) mass is 310 g/mol. The van der Waals surface area contributed by atoms with Gasteiger partial charge in [0, 0.05) is 16.6 Å². The average Bonchev–Trinajstić information content (AvgIpc) is 2.46. The topological polar surface area (TPSA) is 92.4 Å². The molecule has 0 spiro atoms. The molecule has 1 amide bonds. The van der Waals surface area contributed by atoms with Crippen molar-refractivity contribution in [2.45, 2.75) is 25.7 Å². The molecule has 5 nitrogen and oxygen atoms in total. The Morgan fingerprint density at radius 3 is 2.67 bits per heavy atom. The highest BCUT2D eigenvalue weighted by Crippen LogP contribution is 2.30. The Balaban J connectivity index is 2.13. The molecule has 2 atom stereocenters. The summed E-state index contributed by atoms with van der Waals surface area (Å²) in [5.74, 6) is -1.11. The molecule has 1 aliphatic rings. The Bertz CT molecular complexity index is 548. The molecule has 1 aromatic rings. The van der Waals surface area contributed by atoms with Crippen LogP contribution < -0.4 is 11.1 Å². The lowest BCUT2D eigenvalue weighted by Gasteiger charge is -2.29. The Labute approximate surface area is 128 Å². The van der Waals surface area contributed by atoms with Crippen LogP contribution in [0.5, 0.6) is 0 Å². The number of nitrogens with two attached hydrogens (primary N) is 1. The number of carbonyl (C=O) groups excluding carboxylic acids is 1. The molecule has 114 valence electrons. The van der Waals surface area contributed by atoms with Crippen LogP contribution in [0.15, 0.2) is 18.2 Å². The molecule has 0 heterocycles. The predicted molar refractivity (Wildman–Crippen MR) is 81.5 cm³/mol. The van der Waals surface area contributed by atoms with Gasteiger partial charge in [-0.3, -0.25) is 4.79 Å². The fourth-order valence-corrected chi connectivity index (χ4v) is 3.09. The second kappa shape index (κ2) is 6.91. The Kier molecular flexibility index (Phi) is 5.20. The number of halogens is 1. The van der Waals surface area contributed by atoms with Gasteiger partial charge in [0.25, 0.3) is 0 Å². The normalized spacial score (nSPS) is 21.8. The first kappa shape index (κ1) is 15.8. The summed E-state index contributed by atoms with van der Waals surface area (Å²) in [6.45, 7) is 0.494. The van der Waals surface area contributed by atoms with Gasteiger partial charge >= 0.3 is 5.97 Å². The van der Waals surface area contributed by atoms with Crippen molar-refractivity contribution < 1.29 is 14.7 Å². The zero-order valence-electron chi connectivity index (χ0n) is 11.6. The number of anilines is 1. The number of hydrogen-bond acceptors (Lipinski definition) is 3. The van der Waals surface area contributed by atoms with Gasteiger partial charge in [-0.2, -0.15) is 0 Å². The standard InChI is InChI=1S/C15H19ClN2O3/c16-11-5-10(15(20)21)6-12(7-11)18-14(19)13-4-2-1-3-9(13)8-17/h5-7,9,13H,1-4,8,17H2,(H,18,19)(H,20,21). The van der Waals surface area contributed by atoms with E-state index in [1.165, 1.54) is 12.1 Å². The van der Waals surface area contributed by atoms with E-state index < -0.39 is 5.97 Å². The molecule has 4 N–H and O–H groups in total. The fraction of sp³-hybridized carbons (Fsp3) is 0.467. The van der Waals surface area contributed by atoms with Crippen LogP contribution in [0.1, 0.15) is 36.0 Å². The molecular weight excluding hydrogens is 292 g/mol. The molecule has 1 saturated carbocycles. The molecule has 1 aromatic carbocycles. The number of aromatic carboxylic acids is 1. The van der Waals surface area contributed by atoms with Crippen LogP contribution in [0.2, 0.25) is 5.02 Å². The van der Waals surface area contributed by atoms with E-state index in [1.807, 2.05) is 0 Å². The highest BCUT2D eigenvalue weighted by atomic mass is 35.5. The smallest absolute Gasteiger partial charge is 0.335 e. The van der Waals surface area contributed by atoms with Crippen molar-refractivity contribution in [1.29, 1.82) is 0 Å². The predicted octanol–water partition coefficient (Wildman–Crippen LogP) is 2.74. The van der Waals surface area contributed by atoms with Gasteiger partial charge in [0.2, 0.25) is 5.91 Å². The molecule has 0 radical (unpaired) electrons. The zero-order valence-corrected chi connectivity index (χ0v) is 12.4. The summed E-state index contributed by atoms with van der Waals surface area (Å²) >= 11 is 5.88. The Hall–Kier alpha value is -1.59. The molecule has 0 aromatic heterocycles. The summed E-state index contributed by atoms with van der Waals surface area (Å²) < 4.78 is 0. The van der Waals surface area contributed by atoms with Crippen LogP contribution in [0.4, 0.5) is 5.69 Å². The number of benzene rings is 1. The number of carbonyl (C=O) groups is 2. The molecule has 2 unspecified atom stereocenters. The van der Waals surface area contributed by atoms with Crippen molar-refractivity contribution in [1.82, 2.24) is 0 Å². The van der Waals surface area contributed by atoms with Gasteiger partial charge in [-0.1, -0.05) is 24.4 Å². The number of hydrogen-bond donors (Lipinski definition) is 3. The quantitative estimate of drug-likeness (QED) is 0.797. The summed E-state index contributed by atoms with van der Waals surface area (Å²) in [4.78, 5) is 23.4. The Morgan fingerprint density at radius 1 is 1.29 bits per heavy atom. The van der Waals surface area contributed by atoms with E-state index in [-0.39, 0.29) is 28.3 Å². The fourth-order valence-electron chi connectivity index (χ4n) is 2.86. The first-order valence-corrected chi connectivity index (χ1v) is 7.44. The molecule has 6 heteroatoms. The van der Waals surface area contributed by atoms with E-state index in [0.29, 0.717) is 12.2 Å². The maximum absolute atomic E-state index is 12.4. The van der Waals surface area contributed by atoms with Crippen molar-refractivity contribution in [2.24, 2.45) is 17.6 Å². The van der Waals surface area contributed by atoms with Gasteiger partial charge in [-0.25, -0.2) is 4.79 Å². The minimum absolute atomic E-state index is 0.0526. The third-order valence-corrected chi connectivity index (χ3v) is 4.18. The maximum Gasteiger partial charge on any atom is 0.335 e. The minimum Gasteiger partial charge on any atom is -0.478 e. The van der Waals surface area contributed by atoms with Gasteiger partial charge in [0.1, 0.15) is 0 Å². The van der Waals surface area contributed by atoms with Crippen LogP contribution >= 0.6 is 11.6 Å². The van der Waals surface area contributed by atoms with E-state index in [1.54, 1.807) is 6.07 Å². The van der Waals surface area contributed by atoms with E-state index in [0.717, 1.165) is 25.7 Å². The van der Waals surface area contributed by atoms with E-state index in [2.05, 4.69) is 5.32 Å². The van der Waals surface area contributed by atoms with Crippen molar-refractivity contribution >= 4 is 29.2 Å². The van der Waals surface area contributed by atoms with E-state index in [9.17, 15) is 9.59 Å². The molecule has 1 fully saturated rings. The molecule has 0 aliphatic heterocycles. The second-order valence-electron chi connectivity index (χ2n) is 5.41. The van der Waals surface area contributed by atoms with Crippen LogP contribution in [-0.4, -0.2) is 23.5 Å². The van der Waals surface area contributed by atoms with Gasteiger partial charge in [0.05, 0.1) is 5.56 Å². The van der Waals surface area contributed by atoms with Crippen LogP contribution in [0.25, 0.3) is 0 Å². The summed E-state index contributed by atoms with van der Waals surface area (Å²) in [5.41, 5.74) is 6.20. The van der Waals surface area contributed by atoms with Gasteiger partial charge in [0.15, 0.2) is 0 Å². The molecule has 0 bridgehead atoms. The SMILES string of the molecule is NCC1CCCCC1C(=O)Nc1cc(Cl)cc(C(=O)O)c1. The summed E-state index contributed by atoms with van der Waals surface area (Å²) in [6, 6.07) is 4.31. The van der Waals surface area contributed by atoms with E-state index in [4.69, 9.17) is 22.4 Å². The summed E-state index contributed by atoms with van der Waals surface area (Å²) in [7, 11) is 0. The minimum atomic E-state index is -1.08. The number of amides is 1. The number of carboxylic acids is 1. The lowest BCUT2D eigenvalue weighted by molar-refractivity contribution is -0.122. The van der Waals surface area contributed by atoms with Crippen molar-refractivity contribution in [3.05, 3.63) is 28.8 Å². The maximum atomic E-state index is 12.4. The molecular formula is C15H19ClN2O3. The van der Waals surface area contributed by atoms with E-state index >= 15 is 0 Å². The van der Waals surface area contributed by atoms with Crippen molar-refractivity contribution in [3.8, 4) is 0 Å². The number of carboxylic acid groups (broad SMARTS) is 1. The largest absolute Gasteiger partial charge is 0.478 e. The lowest BCUT2D eigenvalue weighted by Crippen LogP contribution is -2.35. The molecule has 0 saturated heterocycles. The van der Waals surface area contributed by atoms with Crippen LogP contribution in [-0.2, 0) is 4.79 Å². The third kappa shape index (κ3) is 3.95. The average molecular weight is 311 g/mol. The number of rotatable bonds is 4. The summed E-state index contributed by atoms with van der Waals surface area (Å²) in [5, 5.41) is 12.1. The molecule has 21 heavy (non-hydrogen) atoms. The Morgan fingerprint density at radius 2 is 2.00 bits per heavy atom. The molecule has 1 aliphatic carbocycles. The van der Waals surface area contributed by atoms with Gasteiger partial charge in [-0.15, -0.1) is 0 Å². The third-order valence-electron chi connectivity index (χ3n) is 3.96. The first-order valence-electron chi connectivity index (χ1n) is 7.06. The highest BCUT2D eigenvalue weighted by molar-refractivity contribution is 6.31. The van der Waals surface area contributed by atoms with Gasteiger partial charge in [-0.05, 0) is 43.5 Å². The zero-order chi connectivity index (χ0) is 15.4.